The summed E-state index contributed by atoms with van der Waals surface area (Å²) in [6, 6.07) is 2.95. The van der Waals surface area contributed by atoms with Crippen molar-refractivity contribution in [2.45, 2.75) is 96.1 Å². The van der Waals surface area contributed by atoms with Crippen LogP contribution >= 0.6 is 0 Å². The second kappa shape index (κ2) is 18.7. The molecule has 0 fully saturated rings. The van der Waals surface area contributed by atoms with Crippen molar-refractivity contribution in [2.24, 2.45) is 0 Å². The zero-order chi connectivity index (χ0) is 48.6. The number of rotatable bonds is 21. The Morgan fingerprint density at radius 2 is 1.17 bits per heavy atom. The molecule has 2 aromatic rings. The second-order valence-electron chi connectivity index (χ2n) is 15.7. The number of allylic oxidation sites excluding steroid dienone is 6. The SMILES string of the molecule is CC1(CCCS(=O)(=O)O)C(/C=C/C=C/C=C2/N(CCCCCC(=O)O)c3cc(S(=O)(=O)O)cc(S(=O)(=O)O)c3C2(C)C)=[N+](CCCS(=O)(=O)O)c2cc(S(=O)(=O)O)cc(S(=O)(=O)O)c21. The number of carboxylic acids is 1. The van der Waals surface area contributed by atoms with E-state index in [2.05, 4.69) is 0 Å². The Morgan fingerprint density at radius 1 is 0.641 bits per heavy atom. The van der Waals surface area contributed by atoms with E-state index in [0.29, 0.717) is 30.7 Å². The molecule has 64 heavy (non-hydrogen) atoms. The highest BCUT2D eigenvalue weighted by Crippen LogP contribution is 2.52. The summed E-state index contributed by atoms with van der Waals surface area (Å²) in [6.45, 7) is 4.20. The molecule has 0 bridgehead atoms. The smallest absolute Gasteiger partial charge is 0.303 e. The Kier molecular flexibility index (Phi) is 15.4. The minimum Gasteiger partial charge on any atom is -0.481 e. The van der Waals surface area contributed by atoms with Gasteiger partial charge >= 0.3 is 5.97 Å². The molecule has 7 N–H and O–H groups in total. The average Bonchev–Trinajstić information content (AvgIpc) is 3.47. The van der Waals surface area contributed by atoms with Crippen LogP contribution in [0.15, 0.2) is 79.9 Å². The standard InChI is InChI=1S/C36H46N2O20S6/c1-35(2)30(37(16-9-5-8-14-32(39)40)26-20-24(61(47,48)49)22-28(33(26)35)63(53,54)55)12-6-4-7-13-31-36(3,15-10-18-59(41,42)43)34-27(38(31)17-11-19-60(44,45)46)21-25(62(50,51)52)23-29(34)64(56,57)58/h4,6-7,12-13,20-23H,5,8-11,14-19H2,1-3H3,(H6-,39,40,41,42,43,44,45,46,47,48,49,50,51,52,53,54,55,56,57,58)/p+1. The Morgan fingerprint density at radius 3 is 1.69 bits per heavy atom. The number of benzene rings is 2. The molecule has 2 aliphatic rings. The van der Waals surface area contributed by atoms with Gasteiger partial charge in [0.05, 0.1) is 27.4 Å². The van der Waals surface area contributed by atoms with Crippen molar-refractivity contribution in [3.8, 4) is 0 Å². The van der Waals surface area contributed by atoms with E-state index in [1.165, 1.54) is 46.8 Å². The van der Waals surface area contributed by atoms with Crippen LogP contribution in [0.4, 0.5) is 11.4 Å². The van der Waals surface area contributed by atoms with Gasteiger partial charge in [0, 0.05) is 53.9 Å². The van der Waals surface area contributed by atoms with Gasteiger partial charge in [-0.15, -0.1) is 0 Å². The maximum Gasteiger partial charge on any atom is 0.303 e. The van der Waals surface area contributed by atoms with Crippen molar-refractivity contribution in [1.29, 1.82) is 0 Å². The summed E-state index contributed by atoms with van der Waals surface area (Å²) in [5.74, 6) is -2.72. The highest BCUT2D eigenvalue weighted by molar-refractivity contribution is 7.87. The van der Waals surface area contributed by atoms with E-state index in [4.69, 9.17) is 5.11 Å². The topological polar surface area (TPSA) is 370 Å². The van der Waals surface area contributed by atoms with Crippen LogP contribution in [0.3, 0.4) is 0 Å². The molecule has 1 unspecified atom stereocenters. The molecular formula is C36H47N2O20S6+. The molecule has 1 atom stereocenters. The van der Waals surface area contributed by atoms with Crippen molar-refractivity contribution in [2.75, 3.05) is 29.5 Å². The summed E-state index contributed by atoms with van der Waals surface area (Å²) in [7, 11) is -29.9. The first kappa shape index (κ1) is 52.7. The zero-order valence-corrected chi connectivity index (χ0v) is 39.2. The third kappa shape index (κ3) is 12.5. The quantitative estimate of drug-likeness (QED) is 0.0407. The van der Waals surface area contributed by atoms with Crippen LogP contribution < -0.4 is 4.90 Å². The third-order valence-electron chi connectivity index (χ3n) is 10.7. The van der Waals surface area contributed by atoms with E-state index in [1.807, 2.05) is 0 Å². The molecule has 2 heterocycles. The molecule has 28 heteroatoms. The van der Waals surface area contributed by atoms with Gasteiger partial charge in [-0.05, 0) is 56.9 Å². The predicted molar refractivity (Wildman–Crippen MR) is 229 cm³/mol. The van der Waals surface area contributed by atoms with Crippen molar-refractivity contribution < 1.29 is 92.3 Å². The highest BCUT2D eigenvalue weighted by Gasteiger charge is 2.51. The number of anilines is 1. The maximum absolute atomic E-state index is 12.9. The third-order valence-corrected chi connectivity index (χ3v) is 15.7. The van der Waals surface area contributed by atoms with Gasteiger partial charge in [0.1, 0.15) is 21.2 Å². The van der Waals surface area contributed by atoms with E-state index in [-0.39, 0.29) is 73.4 Å². The van der Waals surface area contributed by atoms with Crippen molar-refractivity contribution in [1.82, 2.24) is 0 Å². The molecule has 4 rings (SSSR count). The van der Waals surface area contributed by atoms with Crippen LogP contribution in [0, 0.1) is 0 Å². The molecule has 356 valence electrons. The summed E-state index contributed by atoms with van der Waals surface area (Å²) in [4.78, 5) is 8.96. The largest absolute Gasteiger partial charge is 0.481 e. The number of carbonyl (C=O) groups is 1. The van der Waals surface area contributed by atoms with E-state index >= 15 is 0 Å². The summed E-state index contributed by atoms with van der Waals surface area (Å²) >= 11 is 0. The van der Waals surface area contributed by atoms with Gasteiger partial charge in [0.25, 0.3) is 60.7 Å². The number of hydrogen-bond acceptors (Lipinski definition) is 14. The molecule has 0 saturated heterocycles. The van der Waals surface area contributed by atoms with Gasteiger partial charge in [-0.1, -0.05) is 38.5 Å². The lowest BCUT2D eigenvalue weighted by atomic mass is 9.75. The van der Waals surface area contributed by atoms with E-state index in [1.54, 1.807) is 13.8 Å². The van der Waals surface area contributed by atoms with Crippen LogP contribution in [0.2, 0.25) is 0 Å². The molecule has 2 aliphatic heterocycles. The second-order valence-corrected chi connectivity index (χ2v) is 24.5. The first-order chi connectivity index (χ1) is 29.0. The lowest BCUT2D eigenvalue weighted by Crippen LogP contribution is -2.33. The fourth-order valence-corrected chi connectivity index (χ4v) is 12.0. The van der Waals surface area contributed by atoms with Crippen LogP contribution in [-0.4, -0.2) is 124 Å². The van der Waals surface area contributed by atoms with Crippen LogP contribution in [-0.2, 0) is 76.3 Å². The van der Waals surface area contributed by atoms with E-state index in [0.717, 1.165) is 12.1 Å². The van der Waals surface area contributed by atoms with Gasteiger partial charge in [0.15, 0.2) is 5.71 Å². The van der Waals surface area contributed by atoms with Gasteiger partial charge < -0.3 is 10.0 Å². The molecule has 0 spiro atoms. The van der Waals surface area contributed by atoms with E-state index in [9.17, 15) is 82.6 Å². The summed E-state index contributed by atoms with van der Waals surface area (Å²) in [5.41, 5.74) is -3.26. The fraction of sp³-hybridized carbons (Fsp3) is 0.444. The number of unbranched alkanes of at least 4 members (excludes halogenated alkanes) is 2. The molecule has 2 aromatic carbocycles. The highest BCUT2D eigenvalue weighted by atomic mass is 32.2. The minimum absolute atomic E-state index is 0.0134. The summed E-state index contributed by atoms with van der Waals surface area (Å²) < 4.78 is 208. The molecule has 22 nitrogen and oxygen atoms in total. The first-order valence-corrected chi connectivity index (χ1v) is 27.8. The van der Waals surface area contributed by atoms with E-state index < -0.39 is 109 Å². The monoisotopic (exact) mass is 1020 g/mol. The Balaban J connectivity index is 1.95. The Bertz CT molecular complexity index is 3040. The normalized spacial score (nSPS) is 19.0. The van der Waals surface area contributed by atoms with Crippen molar-refractivity contribution >= 4 is 83.8 Å². The molecule has 0 saturated carbocycles. The summed E-state index contributed by atoms with van der Waals surface area (Å²) in [6.07, 6.45) is 6.74. The average molecular weight is 1020 g/mol. The number of fused-ring (bicyclic) bond motifs is 2. The van der Waals surface area contributed by atoms with Crippen LogP contribution in [0.1, 0.15) is 76.8 Å². The Labute approximate surface area is 371 Å². The first-order valence-electron chi connectivity index (χ1n) is 18.9. The maximum atomic E-state index is 12.9. The molecular weight excluding hydrogens is 973 g/mol. The number of hydrogen-bond donors (Lipinski definition) is 7. The summed E-state index contributed by atoms with van der Waals surface area (Å²) in [5, 5.41) is 9.07. The molecule has 0 aromatic heterocycles. The number of nitrogens with zero attached hydrogens (tertiary/aromatic N) is 2. The lowest BCUT2D eigenvalue weighted by molar-refractivity contribution is -0.437. The molecule has 0 amide bonds. The lowest BCUT2D eigenvalue weighted by Gasteiger charge is -2.27. The predicted octanol–water partition coefficient (Wildman–Crippen LogP) is 3.41. The number of carboxylic acid groups (broad SMARTS) is 1. The van der Waals surface area contributed by atoms with Crippen LogP contribution in [0.5, 0.6) is 0 Å². The van der Waals surface area contributed by atoms with Crippen molar-refractivity contribution in [3.05, 3.63) is 71.5 Å². The van der Waals surface area contributed by atoms with Gasteiger partial charge in [-0.3, -0.25) is 32.1 Å². The van der Waals surface area contributed by atoms with Crippen molar-refractivity contribution in [3.63, 3.8) is 0 Å². The molecule has 0 radical (unpaired) electrons. The van der Waals surface area contributed by atoms with Gasteiger partial charge in [-0.25, -0.2) is 0 Å². The number of aliphatic carboxylic acids is 1. The van der Waals surface area contributed by atoms with Gasteiger partial charge in [0.2, 0.25) is 5.69 Å². The minimum atomic E-state index is -5.34. The zero-order valence-electron chi connectivity index (χ0n) is 34.3. The fourth-order valence-electron chi connectivity index (χ4n) is 8.02. The van der Waals surface area contributed by atoms with Crippen LogP contribution in [0.25, 0.3) is 0 Å². The molecule has 0 aliphatic carbocycles. The Hall–Kier alpha value is -3.94. The van der Waals surface area contributed by atoms with Gasteiger partial charge in [-0.2, -0.15) is 55.1 Å².